The van der Waals surface area contributed by atoms with Crippen LogP contribution in [0.1, 0.15) is 65.9 Å². The van der Waals surface area contributed by atoms with Gasteiger partial charge < -0.3 is 9.31 Å². The Kier molecular flexibility index (Phi) is 6.03. The lowest BCUT2D eigenvalue weighted by atomic mass is 9.33. The summed E-state index contributed by atoms with van der Waals surface area (Å²) < 4.78 is 12.7. The maximum atomic E-state index is 6.34. The average Bonchev–Trinajstić information content (AvgIpc) is 3.21. The Labute approximate surface area is 254 Å². The fraction of sp³-hybridized carbons (Fsp3) is 0.444. The second-order valence-electron chi connectivity index (χ2n) is 14.5. The van der Waals surface area contributed by atoms with Crippen LogP contribution in [-0.2, 0) is 14.7 Å². The van der Waals surface area contributed by atoms with E-state index in [2.05, 4.69) is 69.9 Å². The molecule has 2 aromatic heterocycles. The summed E-state index contributed by atoms with van der Waals surface area (Å²) in [5.74, 6) is 5.55. The molecule has 6 nitrogen and oxygen atoms in total. The summed E-state index contributed by atoms with van der Waals surface area (Å²) in [6.45, 7) is 10.7. The van der Waals surface area contributed by atoms with Gasteiger partial charge in [0, 0.05) is 29.1 Å². The van der Waals surface area contributed by atoms with Gasteiger partial charge in [-0.3, -0.25) is 4.98 Å². The molecular formula is C36H39BN4O2. The predicted octanol–water partition coefficient (Wildman–Crippen LogP) is 6.89. The fourth-order valence-corrected chi connectivity index (χ4v) is 8.54. The van der Waals surface area contributed by atoms with Gasteiger partial charge in [0.1, 0.15) is 0 Å². The van der Waals surface area contributed by atoms with Crippen LogP contribution in [0, 0.1) is 23.7 Å². The Hall–Kier alpha value is -3.42. The van der Waals surface area contributed by atoms with Crippen molar-refractivity contribution in [3.8, 4) is 34.2 Å². The van der Waals surface area contributed by atoms with Gasteiger partial charge in [0.15, 0.2) is 17.5 Å². The molecule has 0 bridgehead atoms. The third-order valence-electron chi connectivity index (χ3n) is 11.3. The molecule has 3 saturated carbocycles. The van der Waals surface area contributed by atoms with Gasteiger partial charge >= 0.3 is 7.12 Å². The Morgan fingerprint density at radius 3 is 1.95 bits per heavy atom. The molecule has 0 amide bonds. The molecule has 0 spiro atoms. The first-order valence-electron chi connectivity index (χ1n) is 15.9. The topological polar surface area (TPSA) is 70.0 Å². The van der Waals surface area contributed by atoms with Gasteiger partial charge in [-0.1, -0.05) is 55.5 Å². The van der Waals surface area contributed by atoms with E-state index in [0.717, 1.165) is 45.8 Å². The highest BCUT2D eigenvalue weighted by atomic mass is 16.7. The summed E-state index contributed by atoms with van der Waals surface area (Å²) in [5, 5.41) is 0. The van der Waals surface area contributed by atoms with Crippen LogP contribution in [-0.4, -0.2) is 38.3 Å². The first-order chi connectivity index (χ1) is 20.6. The average molecular weight is 571 g/mol. The maximum absolute atomic E-state index is 6.34. The smallest absolute Gasteiger partial charge is 0.399 e. The van der Waals surface area contributed by atoms with Crippen LogP contribution in [0.3, 0.4) is 0 Å². The third kappa shape index (κ3) is 4.30. The quantitative estimate of drug-likeness (QED) is 0.244. The van der Waals surface area contributed by atoms with Gasteiger partial charge in [0.25, 0.3) is 0 Å². The molecule has 43 heavy (non-hydrogen) atoms. The van der Waals surface area contributed by atoms with Crippen molar-refractivity contribution in [1.29, 1.82) is 0 Å². The zero-order chi connectivity index (χ0) is 29.6. The monoisotopic (exact) mass is 570 g/mol. The second kappa shape index (κ2) is 9.54. The number of hydrogen-bond acceptors (Lipinski definition) is 6. The molecule has 2 aromatic carbocycles. The zero-order valence-electron chi connectivity index (χ0n) is 25.7. The molecule has 4 fully saturated rings. The molecular weight excluding hydrogens is 531 g/mol. The first-order valence-corrected chi connectivity index (χ1v) is 15.9. The Balaban J connectivity index is 1.14. The predicted molar refractivity (Wildman–Crippen MR) is 169 cm³/mol. The minimum absolute atomic E-state index is 0.410. The van der Waals surface area contributed by atoms with Crippen LogP contribution in [0.25, 0.3) is 34.2 Å². The minimum Gasteiger partial charge on any atom is -0.399 e. The van der Waals surface area contributed by atoms with Crippen molar-refractivity contribution >= 4 is 12.6 Å². The number of rotatable bonds is 5. The van der Waals surface area contributed by atoms with E-state index in [0.29, 0.717) is 22.9 Å². The van der Waals surface area contributed by atoms with E-state index < -0.39 is 18.3 Å². The lowest BCUT2D eigenvalue weighted by molar-refractivity contribution is -0.163. The highest BCUT2D eigenvalue weighted by molar-refractivity contribution is 6.62. The summed E-state index contributed by atoms with van der Waals surface area (Å²) in [5.41, 5.74) is 4.78. The Morgan fingerprint density at radius 1 is 0.721 bits per heavy atom. The van der Waals surface area contributed by atoms with Crippen LogP contribution in [0.5, 0.6) is 0 Å². The van der Waals surface area contributed by atoms with Crippen molar-refractivity contribution in [2.24, 2.45) is 23.7 Å². The highest BCUT2D eigenvalue weighted by Crippen LogP contribution is 2.72. The van der Waals surface area contributed by atoms with Gasteiger partial charge in [-0.05, 0) is 106 Å². The number of benzene rings is 2. The van der Waals surface area contributed by atoms with Gasteiger partial charge in [-0.25, -0.2) is 15.0 Å². The van der Waals surface area contributed by atoms with Crippen LogP contribution in [0.2, 0.25) is 0 Å². The van der Waals surface area contributed by atoms with Gasteiger partial charge in [-0.15, -0.1) is 0 Å². The molecule has 3 unspecified atom stereocenters. The first kappa shape index (κ1) is 27.2. The SMILES string of the molecule is CC1C[C@@H]2CC3(c4ccc(-c5nc(-c6cccnc6)nc(-c6cccc(B7OC(C)(C)C(C)(C)O7)c6)n5)cc4)C[C@H](C1)C23. The van der Waals surface area contributed by atoms with E-state index in [1.165, 1.54) is 31.2 Å². The van der Waals surface area contributed by atoms with Gasteiger partial charge in [0.2, 0.25) is 0 Å². The molecule has 1 saturated heterocycles. The standard InChI is InChI=1S/C36H39BN4O2/c1-22-16-26-19-36(20-27(17-22)30(26)36)28-13-11-23(12-14-28)31-39-32(41-33(40-31)25-9-7-15-38-21-25)24-8-6-10-29(18-24)37-42-34(2,3)35(4,5)43-37/h6-15,18,21-22,26-27,30H,16-17,19-20H2,1-5H3/t22?,26-,27+,30?,36?. The zero-order valence-corrected chi connectivity index (χ0v) is 25.7. The van der Waals surface area contributed by atoms with Crippen molar-refractivity contribution in [3.63, 3.8) is 0 Å². The van der Waals surface area contributed by atoms with E-state index in [1.54, 1.807) is 12.4 Å². The number of nitrogens with zero attached hydrogens (tertiary/aromatic N) is 4. The number of aromatic nitrogens is 4. The molecule has 0 N–H and O–H groups in total. The molecule has 218 valence electrons. The lowest BCUT2D eigenvalue weighted by Gasteiger charge is -2.71. The van der Waals surface area contributed by atoms with Crippen molar-refractivity contribution in [2.75, 3.05) is 0 Å². The molecule has 3 heterocycles. The van der Waals surface area contributed by atoms with Crippen molar-refractivity contribution in [2.45, 2.75) is 76.9 Å². The van der Waals surface area contributed by atoms with Crippen molar-refractivity contribution in [3.05, 3.63) is 78.6 Å². The molecule has 1 aliphatic heterocycles. The van der Waals surface area contributed by atoms with Crippen molar-refractivity contribution < 1.29 is 9.31 Å². The van der Waals surface area contributed by atoms with E-state index in [-0.39, 0.29) is 0 Å². The van der Waals surface area contributed by atoms with Crippen LogP contribution < -0.4 is 5.46 Å². The molecule has 3 aliphatic carbocycles. The van der Waals surface area contributed by atoms with E-state index in [9.17, 15) is 0 Å². The number of hydrogen-bond donors (Lipinski definition) is 0. The summed E-state index contributed by atoms with van der Waals surface area (Å²) in [7, 11) is -0.458. The summed E-state index contributed by atoms with van der Waals surface area (Å²) in [4.78, 5) is 19.2. The second-order valence-corrected chi connectivity index (χ2v) is 14.5. The van der Waals surface area contributed by atoms with E-state index in [1.807, 2.05) is 30.3 Å². The summed E-state index contributed by atoms with van der Waals surface area (Å²) >= 11 is 0. The van der Waals surface area contributed by atoms with E-state index >= 15 is 0 Å². The fourth-order valence-electron chi connectivity index (χ4n) is 8.54. The molecule has 4 aromatic rings. The minimum atomic E-state index is -0.458. The highest BCUT2D eigenvalue weighted by Gasteiger charge is 2.66. The molecule has 0 radical (unpaired) electrons. The molecule has 7 heteroatoms. The Bertz CT molecular complexity index is 1660. The summed E-state index contributed by atoms with van der Waals surface area (Å²) in [6, 6.07) is 21.2. The molecule has 4 aliphatic rings. The van der Waals surface area contributed by atoms with Crippen LogP contribution in [0.4, 0.5) is 0 Å². The normalized spacial score (nSPS) is 29.8. The van der Waals surface area contributed by atoms with E-state index in [4.69, 9.17) is 24.3 Å². The largest absolute Gasteiger partial charge is 0.494 e. The molecule has 8 rings (SSSR count). The van der Waals surface area contributed by atoms with Gasteiger partial charge in [-0.2, -0.15) is 0 Å². The lowest BCUT2D eigenvalue weighted by Crippen LogP contribution is -2.66. The van der Waals surface area contributed by atoms with Crippen LogP contribution in [0.15, 0.2) is 73.1 Å². The summed E-state index contributed by atoms with van der Waals surface area (Å²) in [6.07, 6.45) is 9.12. The Morgan fingerprint density at radius 2 is 1.33 bits per heavy atom. The maximum Gasteiger partial charge on any atom is 0.494 e. The third-order valence-corrected chi connectivity index (χ3v) is 11.3. The van der Waals surface area contributed by atoms with Gasteiger partial charge in [0.05, 0.1) is 11.2 Å². The molecule has 5 atom stereocenters. The van der Waals surface area contributed by atoms with Crippen LogP contribution >= 0.6 is 0 Å². The van der Waals surface area contributed by atoms with Crippen molar-refractivity contribution in [1.82, 2.24) is 19.9 Å². The number of pyridine rings is 1.